The summed E-state index contributed by atoms with van der Waals surface area (Å²) in [5.74, 6) is 2.86. The molecule has 1 aliphatic heterocycles. The summed E-state index contributed by atoms with van der Waals surface area (Å²) in [4.78, 5) is 12.5. The molecule has 0 saturated carbocycles. The molecule has 0 fully saturated rings. The summed E-state index contributed by atoms with van der Waals surface area (Å²) in [6.45, 7) is 8.73. The Labute approximate surface area is 125 Å². The summed E-state index contributed by atoms with van der Waals surface area (Å²) >= 11 is 7.94. The first-order valence-corrected chi connectivity index (χ1v) is 8.50. The topological polar surface area (TPSA) is 29.0 Å². The Balaban J connectivity index is 2.28. The van der Waals surface area contributed by atoms with E-state index in [9.17, 15) is 0 Å². The number of nitrogens with zero attached hydrogens (tertiary/aromatic N) is 3. The lowest BCUT2D eigenvalue weighted by molar-refractivity contribution is 0.483. The van der Waals surface area contributed by atoms with E-state index in [1.54, 1.807) is 0 Å². The van der Waals surface area contributed by atoms with Gasteiger partial charge in [0, 0.05) is 25.3 Å². The van der Waals surface area contributed by atoms with Crippen LogP contribution < -0.4 is 4.90 Å². The largest absolute Gasteiger partial charge is 0.356 e. The highest BCUT2D eigenvalue weighted by Crippen LogP contribution is 2.38. The summed E-state index contributed by atoms with van der Waals surface area (Å²) in [5, 5.41) is 0.388. The average molecular weight is 300 g/mol. The van der Waals surface area contributed by atoms with Crippen LogP contribution in [0.4, 0.5) is 5.82 Å². The molecule has 0 aliphatic carbocycles. The Kier molecular flexibility index (Phi) is 5.34. The standard InChI is InChI=1S/C14H22ClN3S/c1-4-10(5-2)9-18(6-3)13-12-11(7-8-19-12)16-14(15)17-13/h10H,4-9H2,1-3H3. The zero-order valence-electron chi connectivity index (χ0n) is 11.9. The van der Waals surface area contributed by atoms with Gasteiger partial charge in [0.25, 0.3) is 0 Å². The molecular weight excluding hydrogens is 278 g/mol. The van der Waals surface area contributed by atoms with Gasteiger partial charge in [-0.25, -0.2) is 4.98 Å². The third-order valence-corrected chi connectivity index (χ3v) is 5.07. The fourth-order valence-electron chi connectivity index (χ4n) is 2.46. The van der Waals surface area contributed by atoms with Crippen molar-refractivity contribution in [3.05, 3.63) is 11.0 Å². The SMILES string of the molecule is CCC(CC)CN(CC)c1nc(Cl)nc2c1SCC2. The summed E-state index contributed by atoms with van der Waals surface area (Å²) in [6.07, 6.45) is 3.43. The van der Waals surface area contributed by atoms with Crippen molar-refractivity contribution in [3.8, 4) is 0 Å². The maximum absolute atomic E-state index is 6.08. The third-order valence-electron chi connectivity index (χ3n) is 3.79. The highest BCUT2D eigenvalue weighted by Gasteiger charge is 2.23. The van der Waals surface area contributed by atoms with Crippen LogP contribution >= 0.6 is 23.4 Å². The van der Waals surface area contributed by atoms with Crippen LogP contribution in [0.5, 0.6) is 0 Å². The molecule has 1 aromatic rings. The van der Waals surface area contributed by atoms with Crippen molar-refractivity contribution in [1.29, 1.82) is 0 Å². The molecule has 0 spiro atoms. The summed E-state index contributed by atoms with van der Waals surface area (Å²) in [5.41, 5.74) is 1.13. The minimum atomic E-state index is 0.388. The molecule has 0 saturated heterocycles. The fraction of sp³-hybridized carbons (Fsp3) is 0.714. The van der Waals surface area contributed by atoms with Crippen LogP contribution in [0.25, 0.3) is 0 Å². The number of halogens is 1. The molecule has 0 radical (unpaired) electrons. The predicted octanol–water partition coefficient (Wildman–Crippen LogP) is 4.04. The van der Waals surface area contributed by atoms with Crippen LogP contribution in [-0.2, 0) is 6.42 Å². The van der Waals surface area contributed by atoms with E-state index >= 15 is 0 Å². The number of rotatable bonds is 6. The summed E-state index contributed by atoms with van der Waals surface area (Å²) < 4.78 is 0. The molecule has 0 atom stereocenters. The van der Waals surface area contributed by atoms with E-state index in [0.717, 1.165) is 42.7 Å². The smallest absolute Gasteiger partial charge is 0.224 e. The fourth-order valence-corrected chi connectivity index (χ4v) is 3.76. The lowest BCUT2D eigenvalue weighted by Gasteiger charge is -2.27. The van der Waals surface area contributed by atoms with Gasteiger partial charge in [-0.2, -0.15) is 4.98 Å². The summed E-state index contributed by atoms with van der Waals surface area (Å²) in [6, 6.07) is 0. The third kappa shape index (κ3) is 3.34. The quantitative estimate of drug-likeness (QED) is 0.741. The van der Waals surface area contributed by atoms with E-state index in [1.165, 1.54) is 17.7 Å². The molecule has 0 amide bonds. The maximum atomic E-state index is 6.08. The molecule has 5 heteroatoms. The number of aryl methyl sites for hydroxylation is 1. The van der Waals surface area contributed by atoms with Gasteiger partial charge in [0.15, 0.2) is 0 Å². The molecule has 2 heterocycles. The summed E-state index contributed by atoms with van der Waals surface area (Å²) in [7, 11) is 0. The van der Waals surface area contributed by atoms with E-state index in [2.05, 4.69) is 35.6 Å². The van der Waals surface area contributed by atoms with E-state index in [-0.39, 0.29) is 0 Å². The second-order valence-electron chi connectivity index (χ2n) is 4.91. The number of fused-ring (bicyclic) bond motifs is 1. The van der Waals surface area contributed by atoms with Crippen molar-refractivity contribution in [2.45, 2.75) is 44.9 Å². The Bertz CT molecular complexity index is 435. The van der Waals surface area contributed by atoms with Crippen LogP contribution in [0, 0.1) is 5.92 Å². The van der Waals surface area contributed by atoms with Crippen LogP contribution in [-0.4, -0.2) is 28.8 Å². The van der Waals surface area contributed by atoms with Crippen molar-refractivity contribution in [2.24, 2.45) is 5.92 Å². The van der Waals surface area contributed by atoms with Crippen LogP contribution in [0.3, 0.4) is 0 Å². The number of aromatic nitrogens is 2. The molecular formula is C14H22ClN3S. The Morgan fingerprint density at radius 1 is 1.26 bits per heavy atom. The van der Waals surface area contributed by atoms with Crippen LogP contribution in [0.15, 0.2) is 4.90 Å². The van der Waals surface area contributed by atoms with Crippen molar-refractivity contribution in [3.63, 3.8) is 0 Å². The molecule has 0 aromatic carbocycles. The van der Waals surface area contributed by atoms with E-state index in [4.69, 9.17) is 11.6 Å². The van der Waals surface area contributed by atoms with Gasteiger partial charge in [-0.15, -0.1) is 11.8 Å². The molecule has 3 nitrogen and oxygen atoms in total. The van der Waals surface area contributed by atoms with E-state index < -0.39 is 0 Å². The number of thioether (sulfide) groups is 1. The molecule has 0 bridgehead atoms. The van der Waals surface area contributed by atoms with Crippen molar-refractivity contribution in [1.82, 2.24) is 9.97 Å². The predicted molar refractivity (Wildman–Crippen MR) is 83.4 cm³/mol. The molecule has 106 valence electrons. The molecule has 2 rings (SSSR count). The van der Waals surface area contributed by atoms with Gasteiger partial charge in [0.2, 0.25) is 5.28 Å². The molecule has 0 unspecified atom stereocenters. The van der Waals surface area contributed by atoms with Gasteiger partial charge in [-0.05, 0) is 24.4 Å². The van der Waals surface area contributed by atoms with E-state index in [1.807, 2.05) is 11.8 Å². The first-order valence-electron chi connectivity index (χ1n) is 7.13. The van der Waals surface area contributed by atoms with Gasteiger partial charge in [-0.1, -0.05) is 26.7 Å². The Morgan fingerprint density at radius 2 is 2.00 bits per heavy atom. The van der Waals surface area contributed by atoms with Crippen LogP contribution in [0.1, 0.15) is 39.3 Å². The van der Waals surface area contributed by atoms with Gasteiger partial charge in [-0.3, -0.25) is 0 Å². The number of hydrogen-bond donors (Lipinski definition) is 0. The first-order chi connectivity index (χ1) is 9.19. The monoisotopic (exact) mass is 299 g/mol. The second kappa shape index (κ2) is 6.80. The number of hydrogen-bond acceptors (Lipinski definition) is 4. The molecule has 1 aliphatic rings. The van der Waals surface area contributed by atoms with Crippen LogP contribution in [0.2, 0.25) is 5.28 Å². The molecule has 0 N–H and O–H groups in total. The first kappa shape index (κ1) is 14.9. The highest BCUT2D eigenvalue weighted by molar-refractivity contribution is 7.99. The van der Waals surface area contributed by atoms with Gasteiger partial charge in [0.1, 0.15) is 5.82 Å². The Hall–Kier alpha value is -0.480. The van der Waals surface area contributed by atoms with Gasteiger partial charge < -0.3 is 4.90 Å². The minimum Gasteiger partial charge on any atom is -0.356 e. The normalized spacial score (nSPS) is 13.9. The van der Waals surface area contributed by atoms with Crippen molar-refractivity contribution >= 4 is 29.2 Å². The average Bonchev–Trinajstić information content (AvgIpc) is 2.87. The van der Waals surface area contributed by atoms with Crippen molar-refractivity contribution < 1.29 is 0 Å². The lowest BCUT2D eigenvalue weighted by Crippen LogP contribution is -2.30. The molecule has 19 heavy (non-hydrogen) atoms. The van der Waals surface area contributed by atoms with Crippen molar-refractivity contribution in [2.75, 3.05) is 23.7 Å². The van der Waals surface area contributed by atoms with Gasteiger partial charge in [0.05, 0.1) is 10.6 Å². The van der Waals surface area contributed by atoms with E-state index in [0.29, 0.717) is 5.28 Å². The highest BCUT2D eigenvalue weighted by atomic mass is 35.5. The zero-order chi connectivity index (χ0) is 13.8. The Morgan fingerprint density at radius 3 is 2.63 bits per heavy atom. The minimum absolute atomic E-state index is 0.388. The molecule has 1 aromatic heterocycles. The lowest BCUT2D eigenvalue weighted by atomic mass is 10.0. The second-order valence-corrected chi connectivity index (χ2v) is 6.35. The van der Waals surface area contributed by atoms with Gasteiger partial charge >= 0.3 is 0 Å². The maximum Gasteiger partial charge on any atom is 0.224 e. The zero-order valence-corrected chi connectivity index (χ0v) is 13.5. The number of anilines is 1.